The molecule has 0 unspecified atom stereocenters. The highest BCUT2D eigenvalue weighted by Gasteiger charge is 2.31. The van der Waals surface area contributed by atoms with Gasteiger partial charge in [0.1, 0.15) is 11.5 Å². The second kappa shape index (κ2) is 10.6. The van der Waals surface area contributed by atoms with Gasteiger partial charge in [-0.3, -0.25) is 14.7 Å². The summed E-state index contributed by atoms with van der Waals surface area (Å²) in [6.45, 7) is 2.36. The molecule has 0 spiro atoms. The van der Waals surface area contributed by atoms with Gasteiger partial charge in [-0.25, -0.2) is 4.98 Å². The van der Waals surface area contributed by atoms with Gasteiger partial charge in [0, 0.05) is 25.4 Å². The number of carbonyl (C=O) groups excluding carboxylic acids is 1. The SMILES string of the molecule is Cn1c(Nc2cc(C(F)(F)F)ccc2Cl)nc2cc(Oc3ccnc(CC(=O)CN4CCCC4)c3)ccc21. The van der Waals surface area contributed by atoms with Crippen LogP contribution >= 0.6 is 11.6 Å². The van der Waals surface area contributed by atoms with E-state index in [1.54, 1.807) is 48.1 Å². The molecule has 1 fully saturated rings. The van der Waals surface area contributed by atoms with Gasteiger partial charge < -0.3 is 14.6 Å². The lowest BCUT2D eigenvalue weighted by molar-refractivity contribution is -0.137. The van der Waals surface area contributed by atoms with Crippen molar-refractivity contribution in [3.8, 4) is 11.5 Å². The first kappa shape index (κ1) is 26.0. The molecule has 0 saturated carbocycles. The Bertz CT molecular complexity index is 1480. The zero-order valence-corrected chi connectivity index (χ0v) is 21.3. The third-order valence-corrected chi connectivity index (χ3v) is 6.72. The Kier molecular flexibility index (Phi) is 7.27. The first-order valence-corrected chi connectivity index (χ1v) is 12.5. The Morgan fingerprint density at radius 2 is 1.84 bits per heavy atom. The molecule has 0 radical (unpaired) electrons. The number of fused-ring (bicyclic) bond motifs is 1. The van der Waals surface area contributed by atoms with Crippen molar-refractivity contribution in [2.24, 2.45) is 7.05 Å². The van der Waals surface area contributed by atoms with E-state index in [9.17, 15) is 18.0 Å². The Balaban J connectivity index is 1.31. The first-order chi connectivity index (χ1) is 18.2. The van der Waals surface area contributed by atoms with Gasteiger partial charge in [0.05, 0.1) is 46.0 Å². The predicted molar refractivity (Wildman–Crippen MR) is 139 cm³/mol. The molecule has 1 aliphatic heterocycles. The number of Topliss-reactive ketones (excluding diaryl/α,β-unsaturated/α-hetero) is 1. The van der Waals surface area contributed by atoms with Gasteiger partial charge in [-0.1, -0.05) is 11.6 Å². The van der Waals surface area contributed by atoms with Crippen molar-refractivity contribution in [2.75, 3.05) is 25.0 Å². The summed E-state index contributed by atoms with van der Waals surface area (Å²) in [5, 5.41) is 3.04. The Labute approximate surface area is 222 Å². The Morgan fingerprint density at radius 1 is 1.08 bits per heavy atom. The van der Waals surface area contributed by atoms with Crippen LogP contribution in [0, 0.1) is 0 Å². The molecule has 5 rings (SSSR count). The number of carbonyl (C=O) groups is 1. The molecule has 2 aromatic carbocycles. The number of aryl methyl sites for hydroxylation is 1. The largest absolute Gasteiger partial charge is 0.457 e. The highest BCUT2D eigenvalue weighted by Crippen LogP contribution is 2.35. The first-order valence-electron chi connectivity index (χ1n) is 12.1. The molecule has 1 aliphatic rings. The topological polar surface area (TPSA) is 72.3 Å². The molecule has 2 aromatic heterocycles. The Morgan fingerprint density at radius 3 is 2.61 bits per heavy atom. The normalized spacial score (nSPS) is 14.2. The molecule has 1 N–H and O–H groups in total. The number of nitrogens with one attached hydrogen (secondary N) is 1. The third kappa shape index (κ3) is 5.92. The van der Waals surface area contributed by atoms with Crippen LogP contribution in [-0.4, -0.2) is 44.9 Å². The van der Waals surface area contributed by atoms with E-state index in [0.717, 1.165) is 43.6 Å². The number of imidazole rings is 1. The molecule has 7 nitrogen and oxygen atoms in total. The quantitative estimate of drug-likeness (QED) is 0.278. The fourth-order valence-electron chi connectivity index (χ4n) is 4.47. The standard InChI is InChI=1S/C27H25ClF3N5O2/c1-35-25-7-5-20(38-21-8-9-32-18(14-21)13-19(37)16-36-10-2-3-11-36)15-24(25)34-26(35)33-23-12-17(27(29,30)31)4-6-22(23)28/h4-9,12,14-15H,2-3,10-11,13,16H2,1H3,(H,33,34). The third-order valence-electron chi connectivity index (χ3n) is 6.39. The number of pyridine rings is 1. The van der Waals surface area contributed by atoms with Crippen LogP contribution in [0.15, 0.2) is 54.7 Å². The van der Waals surface area contributed by atoms with Gasteiger partial charge in [-0.05, 0) is 62.3 Å². The average Bonchev–Trinajstić information content (AvgIpc) is 3.47. The fraction of sp³-hybridized carbons (Fsp3) is 0.296. The van der Waals surface area contributed by atoms with Crippen LogP contribution in [0.3, 0.4) is 0 Å². The number of alkyl halides is 3. The number of anilines is 2. The number of benzene rings is 2. The van der Waals surface area contributed by atoms with Crippen LogP contribution in [0.1, 0.15) is 24.1 Å². The summed E-state index contributed by atoms with van der Waals surface area (Å²) < 4.78 is 47.2. The zero-order valence-electron chi connectivity index (χ0n) is 20.6. The van der Waals surface area contributed by atoms with Crippen LogP contribution in [0.4, 0.5) is 24.8 Å². The summed E-state index contributed by atoms with van der Waals surface area (Å²) in [5.41, 5.74) is 1.24. The van der Waals surface area contributed by atoms with Crippen molar-refractivity contribution in [3.63, 3.8) is 0 Å². The van der Waals surface area contributed by atoms with E-state index < -0.39 is 11.7 Å². The van der Waals surface area contributed by atoms with Crippen LogP contribution in [0.5, 0.6) is 11.5 Å². The van der Waals surface area contributed by atoms with Crippen molar-refractivity contribution in [1.29, 1.82) is 0 Å². The van der Waals surface area contributed by atoms with E-state index >= 15 is 0 Å². The van der Waals surface area contributed by atoms with Crippen LogP contribution in [0.2, 0.25) is 5.02 Å². The summed E-state index contributed by atoms with van der Waals surface area (Å²) in [6.07, 6.45) is -0.389. The summed E-state index contributed by atoms with van der Waals surface area (Å²) in [5.74, 6) is 1.49. The number of halogens is 4. The molecule has 4 aromatic rings. The van der Waals surface area contributed by atoms with E-state index in [0.29, 0.717) is 35.2 Å². The Hall–Kier alpha value is -3.63. The second-order valence-electron chi connectivity index (χ2n) is 9.25. The van der Waals surface area contributed by atoms with Gasteiger partial charge in [0.2, 0.25) is 5.95 Å². The molecule has 11 heteroatoms. The number of nitrogens with zero attached hydrogens (tertiary/aromatic N) is 4. The maximum Gasteiger partial charge on any atom is 0.416 e. The lowest BCUT2D eigenvalue weighted by atomic mass is 10.2. The number of likely N-dealkylation sites (tertiary alicyclic amines) is 1. The van der Waals surface area contributed by atoms with Gasteiger partial charge in [-0.2, -0.15) is 13.2 Å². The average molecular weight is 544 g/mol. The number of ketones is 1. The molecular formula is C27H25ClF3N5O2. The fourth-order valence-corrected chi connectivity index (χ4v) is 4.64. The number of hydrogen-bond acceptors (Lipinski definition) is 6. The van der Waals surface area contributed by atoms with Crippen LogP contribution in [0.25, 0.3) is 11.0 Å². The van der Waals surface area contributed by atoms with Crippen LogP contribution in [-0.2, 0) is 24.4 Å². The molecule has 0 aliphatic carbocycles. The monoisotopic (exact) mass is 543 g/mol. The lowest BCUT2D eigenvalue weighted by Crippen LogP contribution is -2.27. The highest BCUT2D eigenvalue weighted by molar-refractivity contribution is 6.33. The van der Waals surface area contributed by atoms with Gasteiger partial charge in [0.25, 0.3) is 0 Å². The van der Waals surface area contributed by atoms with E-state index in [1.807, 2.05) is 0 Å². The maximum absolute atomic E-state index is 13.1. The summed E-state index contributed by atoms with van der Waals surface area (Å²) in [7, 11) is 1.74. The molecule has 0 amide bonds. The van der Waals surface area contributed by atoms with Gasteiger partial charge in [-0.15, -0.1) is 0 Å². The van der Waals surface area contributed by atoms with Gasteiger partial charge >= 0.3 is 6.18 Å². The number of rotatable bonds is 8. The van der Waals surface area contributed by atoms with E-state index in [-0.39, 0.29) is 22.9 Å². The summed E-state index contributed by atoms with van der Waals surface area (Å²) in [6, 6.07) is 11.8. The van der Waals surface area contributed by atoms with Crippen molar-refractivity contribution in [1.82, 2.24) is 19.4 Å². The number of hydrogen-bond donors (Lipinski definition) is 1. The second-order valence-corrected chi connectivity index (χ2v) is 9.65. The predicted octanol–water partition coefficient (Wildman–Crippen LogP) is 6.38. The van der Waals surface area contributed by atoms with Crippen molar-refractivity contribution in [3.05, 3.63) is 71.0 Å². The minimum absolute atomic E-state index is 0.0972. The van der Waals surface area contributed by atoms with Crippen LogP contribution < -0.4 is 10.1 Å². The number of aromatic nitrogens is 3. The molecule has 198 valence electrons. The number of ether oxygens (including phenoxy) is 1. The molecule has 0 bridgehead atoms. The molecular weight excluding hydrogens is 519 g/mol. The smallest absolute Gasteiger partial charge is 0.416 e. The maximum atomic E-state index is 13.1. The molecule has 0 atom stereocenters. The summed E-state index contributed by atoms with van der Waals surface area (Å²) in [4.78, 5) is 23.4. The van der Waals surface area contributed by atoms with E-state index in [1.165, 1.54) is 6.07 Å². The van der Waals surface area contributed by atoms with Gasteiger partial charge in [0.15, 0.2) is 5.78 Å². The molecule has 3 heterocycles. The van der Waals surface area contributed by atoms with Crippen molar-refractivity contribution < 1.29 is 22.7 Å². The van der Waals surface area contributed by atoms with Crippen molar-refractivity contribution >= 4 is 40.1 Å². The lowest BCUT2D eigenvalue weighted by Gasteiger charge is -2.13. The highest BCUT2D eigenvalue weighted by atomic mass is 35.5. The van der Waals surface area contributed by atoms with E-state index in [4.69, 9.17) is 16.3 Å². The van der Waals surface area contributed by atoms with Crippen molar-refractivity contribution in [2.45, 2.75) is 25.4 Å². The zero-order chi connectivity index (χ0) is 26.9. The molecule has 1 saturated heterocycles. The minimum Gasteiger partial charge on any atom is -0.457 e. The van der Waals surface area contributed by atoms with E-state index in [2.05, 4.69) is 20.2 Å². The molecule has 38 heavy (non-hydrogen) atoms. The summed E-state index contributed by atoms with van der Waals surface area (Å²) >= 11 is 6.13. The minimum atomic E-state index is -4.49.